The molecule has 0 aliphatic heterocycles. The first kappa shape index (κ1) is 16.9. The van der Waals surface area contributed by atoms with Crippen molar-refractivity contribution in [1.82, 2.24) is 0 Å². The maximum absolute atomic E-state index is 12.3. The van der Waals surface area contributed by atoms with Crippen molar-refractivity contribution in [2.75, 3.05) is 5.32 Å². The Bertz CT molecular complexity index is 965. The summed E-state index contributed by atoms with van der Waals surface area (Å²) in [5.41, 5.74) is 2.14. The highest BCUT2D eigenvalue weighted by molar-refractivity contribution is 9.10. The Kier molecular flexibility index (Phi) is 4.67. The molecule has 126 valence electrons. The molecule has 0 saturated carbocycles. The van der Waals surface area contributed by atoms with Crippen LogP contribution in [0.25, 0.3) is 11.3 Å². The molecule has 0 atom stereocenters. The normalized spacial score (nSPS) is 10.5. The monoisotopic (exact) mass is 400 g/mol. The third-order valence-electron chi connectivity index (χ3n) is 3.59. The van der Waals surface area contributed by atoms with Crippen LogP contribution < -0.4 is 5.32 Å². The number of halogens is 1. The van der Waals surface area contributed by atoms with Crippen LogP contribution in [0.5, 0.6) is 0 Å². The van der Waals surface area contributed by atoms with Crippen LogP contribution in [-0.2, 0) is 0 Å². The number of benzene rings is 2. The van der Waals surface area contributed by atoms with Gasteiger partial charge < -0.3 is 9.73 Å². The quantitative estimate of drug-likeness (QED) is 0.482. The first-order chi connectivity index (χ1) is 11.9. The van der Waals surface area contributed by atoms with Gasteiger partial charge in [0.05, 0.1) is 4.92 Å². The molecule has 0 unspecified atom stereocenters. The molecule has 3 aromatic rings. The summed E-state index contributed by atoms with van der Waals surface area (Å²) >= 11 is 3.41. The molecule has 6 nitrogen and oxygen atoms in total. The van der Waals surface area contributed by atoms with Crippen LogP contribution in [-0.4, -0.2) is 10.8 Å². The van der Waals surface area contributed by atoms with Crippen molar-refractivity contribution < 1.29 is 14.1 Å². The molecule has 1 heterocycles. The fourth-order valence-corrected chi connectivity index (χ4v) is 2.55. The predicted molar refractivity (Wildman–Crippen MR) is 97.6 cm³/mol. The lowest BCUT2D eigenvalue weighted by Gasteiger charge is -2.05. The van der Waals surface area contributed by atoms with Crippen LogP contribution in [0, 0.1) is 17.0 Å². The molecule has 0 spiro atoms. The first-order valence-corrected chi connectivity index (χ1v) is 8.15. The molecular formula is C18H13BrN2O4. The lowest BCUT2D eigenvalue weighted by atomic mass is 10.1. The van der Waals surface area contributed by atoms with Gasteiger partial charge in [-0.3, -0.25) is 14.9 Å². The fraction of sp³-hybridized carbons (Fsp3) is 0.0556. The Morgan fingerprint density at radius 1 is 1.16 bits per heavy atom. The number of furan rings is 1. The van der Waals surface area contributed by atoms with E-state index in [9.17, 15) is 14.9 Å². The molecule has 7 heteroatoms. The number of nitrogens with one attached hydrogen (secondary N) is 1. The SMILES string of the molecule is Cc1cc(NC(=O)c2ccc(-c3cccc([N+](=O)[O-])c3)o2)ccc1Br. The van der Waals surface area contributed by atoms with Crippen LogP contribution in [0.2, 0.25) is 0 Å². The first-order valence-electron chi connectivity index (χ1n) is 7.36. The molecule has 0 aliphatic rings. The molecule has 1 amide bonds. The zero-order chi connectivity index (χ0) is 18.0. The Morgan fingerprint density at radius 3 is 2.68 bits per heavy atom. The van der Waals surface area contributed by atoms with Crippen molar-refractivity contribution in [1.29, 1.82) is 0 Å². The fourth-order valence-electron chi connectivity index (χ4n) is 2.30. The second-order valence-corrected chi connectivity index (χ2v) is 6.24. The van der Waals surface area contributed by atoms with Gasteiger partial charge in [-0.05, 0) is 42.8 Å². The molecule has 3 rings (SSSR count). The summed E-state index contributed by atoms with van der Waals surface area (Å²) in [4.78, 5) is 22.7. The Balaban J connectivity index is 1.81. The van der Waals surface area contributed by atoms with Gasteiger partial charge in [0.15, 0.2) is 5.76 Å². The summed E-state index contributed by atoms with van der Waals surface area (Å²) in [5, 5.41) is 13.6. The minimum Gasteiger partial charge on any atom is -0.451 e. The lowest BCUT2D eigenvalue weighted by Crippen LogP contribution is -2.10. The molecule has 1 aromatic heterocycles. The van der Waals surface area contributed by atoms with Gasteiger partial charge in [0.2, 0.25) is 0 Å². The van der Waals surface area contributed by atoms with Crippen molar-refractivity contribution in [3.63, 3.8) is 0 Å². The van der Waals surface area contributed by atoms with E-state index in [1.165, 1.54) is 18.2 Å². The predicted octanol–water partition coefficient (Wildman–Crippen LogP) is 5.18. The number of anilines is 1. The van der Waals surface area contributed by atoms with Gasteiger partial charge in [0.25, 0.3) is 11.6 Å². The molecule has 1 N–H and O–H groups in total. The Morgan fingerprint density at radius 2 is 1.96 bits per heavy atom. The van der Waals surface area contributed by atoms with Gasteiger partial charge in [-0.15, -0.1) is 0 Å². The van der Waals surface area contributed by atoms with Gasteiger partial charge in [0.1, 0.15) is 5.76 Å². The van der Waals surface area contributed by atoms with E-state index < -0.39 is 10.8 Å². The number of carbonyl (C=O) groups is 1. The third-order valence-corrected chi connectivity index (χ3v) is 4.48. The number of rotatable bonds is 4. The summed E-state index contributed by atoms with van der Waals surface area (Å²) in [6, 6.07) is 14.7. The minimum absolute atomic E-state index is 0.0368. The number of carbonyl (C=O) groups excluding carboxylic acids is 1. The van der Waals surface area contributed by atoms with Gasteiger partial charge in [0, 0.05) is 27.9 Å². The van der Waals surface area contributed by atoms with Crippen molar-refractivity contribution >= 4 is 33.2 Å². The number of hydrogen-bond acceptors (Lipinski definition) is 4. The van der Waals surface area contributed by atoms with E-state index >= 15 is 0 Å². The highest BCUT2D eigenvalue weighted by atomic mass is 79.9. The maximum atomic E-state index is 12.3. The zero-order valence-corrected chi connectivity index (χ0v) is 14.7. The molecule has 0 saturated heterocycles. The van der Waals surface area contributed by atoms with E-state index in [0.29, 0.717) is 17.0 Å². The highest BCUT2D eigenvalue weighted by Gasteiger charge is 2.14. The second kappa shape index (κ2) is 6.90. The third kappa shape index (κ3) is 3.77. The van der Waals surface area contributed by atoms with Crippen LogP contribution in [0.1, 0.15) is 16.1 Å². The number of amides is 1. The molecule has 0 radical (unpaired) electrons. The van der Waals surface area contributed by atoms with Crippen molar-refractivity contribution in [2.45, 2.75) is 6.92 Å². The Labute approximate surface area is 151 Å². The summed E-state index contributed by atoms with van der Waals surface area (Å²) in [6.45, 7) is 1.92. The summed E-state index contributed by atoms with van der Waals surface area (Å²) < 4.78 is 6.50. The van der Waals surface area contributed by atoms with Crippen LogP contribution >= 0.6 is 15.9 Å². The van der Waals surface area contributed by atoms with E-state index in [-0.39, 0.29) is 11.4 Å². The van der Waals surface area contributed by atoms with E-state index in [2.05, 4.69) is 21.2 Å². The molecule has 0 aliphatic carbocycles. The smallest absolute Gasteiger partial charge is 0.291 e. The molecule has 0 bridgehead atoms. The maximum Gasteiger partial charge on any atom is 0.291 e. The number of non-ortho nitro benzene ring substituents is 1. The average Bonchev–Trinajstić information content (AvgIpc) is 3.08. The standard InChI is InChI=1S/C18H13BrN2O4/c1-11-9-13(5-6-15(11)19)20-18(22)17-8-7-16(25-17)12-3-2-4-14(10-12)21(23)24/h2-10H,1H3,(H,20,22). The average molecular weight is 401 g/mol. The minimum atomic E-state index is -0.476. The van der Waals surface area contributed by atoms with Crippen LogP contribution in [0.3, 0.4) is 0 Å². The van der Waals surface area contributed by atoms with Gasteiger partial charge in [-0.1, -0.05) is 28.1 Å². The van der Waals surface area contributed by atoms with Crippen molar-refractivity contribution in [2.24, 2.45) is 0 Å². The number of aryl methyl sites for hydroxylation is 1. The molecule has 0 fully saturated rings. The molecule has 2 aromatic carbocycles. The van der Waals surface area contributed by atoms with Gasteiger partial charge >= 0.3 is 0 Å². The number of hydrogen-bond donors (Lipinski definition) is 1. The molecule has 25 heavy (non-hydrogen) atoms. The lowest BCUT2D eigenvalue weighted by molar-refractivity contribution is -0.384. The van der Waals surface area contributed by atoms with Gasteiger partial charge in [-0.25, -0.2) is 0 Å². The highest BCUT2D eigenvalue weighted by Crippen LogP contribution is 2.26. The van der Waals surface area contributed by atoms with Crippen molar-refractivity contribution in [3.05, 3.63) is 80.5 Å². The van der Waals surface area contributed by atoms with Crippen molar-refractivity contribution in [3.8, 4) is 11.3 Å². The zero-order valence-electron chi connectivity index (χ0n) is 13.2. The number of nitro benzene ring substituents is 1. The second-order valence-electron chi connectivity index (χ2n) is 5.39. The summed E-state index contributed by atoms with van der Waals surface area (Å²) in [6.07, 6.45) is 0. The van der Waals surface area contributed by atoms with Gasteiger partial charge in [-0.2, -0.15) is 0 Å². The number of nitro groups is 1. The van der Waals surface area contributed by atoms with E-state index in [1.807, 2.05) is 19.1 Å². The van der Waals surface area contributed by atoms with Crippen LogP contribution in [0.4, 0.5) is 11.4 Å². The summed E-state index contributed by atoms with van der Waals surface area (Å²) in [7, 11) is 0. The van der Waals surface area contributed by atoms with E-state index in [0.717, 1.165) is 10.0 Å². The van der Waals surface area contributed by atoms with E-state index in [1.54, 1.807) is 24.3 Å². The largest absolute Gasteiger partial charge is 0.451 e. The summed E-state index contributed by atoms with van der Waals surface area (Å²) in [5.74, 6) is 0.126. The molecular weight excluding hydrogens is 388 g/mol. The van der Waals surface area contributed by atoms with Crippen LogP contribution in [0.15, 0.2) is 63.5 Å². The topological polar surface area (TPSA) is 85.4 Å². The van der Waals surface area contributed by atoms with E-state index in [4.69, 9.17) is 4.42 Å². The Hall–Kier alpha value is -2.93. The number of nitrogens with zero attached hydrogens (tertiary/aromatic N) is 1.